The molecule has 1 aromatic carbocycles. The summed E-state index contributed by atoms with van der Waals surface area (Å²) in [4.78, 5) is 9.94. The van der Waals surface area contributed by atoms with E-state index in [9.17, 15) is 14.5 Å². The Morgan fingerprint density at radius 1 is 1.41 bits per heavy atom. The molecule has 0 spiro atoms. The highest BCUT2D eigenvalue weighted by molar-refractivity contribution is 5.51. The number of rotatable bonds is 6. The van der Waals surface area contributed by atoms with Crippen molar-refractivity contribution in [1.82, 2.24) is 5.32 Å². The SMILES string of the molecule is CNCC(C)CNc1cc(F)cc([N+](=O)[O-])c1. The van der Waals surface area contributed by atoms with E-state index in [0.29, 0.717) is 18.2 Å². The van der Waals surface area contributed by atoms with Gasteiger partial charge in [-0.1, -0.05) is 6.92 Å². The fourth-order valence-electron chi connectivity index (χ4n) is 1.49. The molecule has 1 aromatic rings. The van der Waals surface area contributed by atoms with Gasteiger partial charge in [-0.15, -0.1) is 0 Å². The van der Waals surface area contributed by atoms with Crippen molar-refractivity contribution < 1.29 is 9.31 Å². The van der Waals surface area contributed by atoms with Crippen molar-refractivity contribution in [2.45, 2.75) is 6.92 Å². The Kier molecular flexibility index (Phi) is 4.84. The summed E-state index contributed by atoms with van der Waals surface area (Å²) in [5.74, 6) is -0.259. The lowest BCUT2D eigenvalue weighted by molar-refractivity contribution is -0.385. The molecular weight excluding hydrogens is 225 g/mol. The minimum absolute atomic E-state index is 0.242. The highest BCUT2D eigenvalue weighted by Gasteiger charge is 2.10. The highest BCUT2D eigenvalue weighted by atomic mass is 19.1. The van der Waals surface area contributed by atoms with Crippen LogP contribution in [-0.2, 0) is 0 Å². The minimum atomic E-state index is -0.608. The van der Waals surface area contributed by atoms with Crippen LogP contribution in [0.3, 0.4) is 0 Å². The van der Waals surface area contributed by atoms with Crippen LogP contribution in [0.5, 0.6) is 0 Å². The van der Waals surface area contributed by atoms with Gasteiger partial charge in [0.05, 0.1) is 11.0 Å². The number of nitro groups is 1. The van der Waals surface area contributed by atoms with Gasteiger partial charge in [0.2, 0.25) is 0 Å². The first-order valence-electron chi connectivity index (χ1n) is 5.36. The lowest BCUT2D eigenvalue weighted by atomic mass is 10.1. The van der Waals surface area contributed by atoms with Crippen LogP contribution in [-0.4, -0.2) is 25.1 Å². The Bertz CT molecular complexity index is 398. The lowest BCUT2D eigenvalue weighted by Gasteiger charge is -2.12. The smallest absolute Gasteiger partial charge is 0.274 e. The van der Waals surface area contributed by atoms with Gasteiger partial charge in [-0.2, -0.15) is 0 Å². The van der Waals surface area contributed by atoms with Crippen molar-refractivity contribution >= 4 is 11.4 Å². The molecule has 0 amide bonds. The van der Waals surface area contributed by atoms with E-state index >= 15 is 0 Å². The maximum absolute atomic E-state index is 13.1. The van der Waals surface area contributed by atoms with Crippen LogP contribution in [0, 0.1) is 21.8 Å². The molecule has 94 valence electrons. The quantitative estimate of drug-likeness (QED) is 0.590. The van der Waals surface area contributed by atoms with Crippen LogP contribution >= 0.6 is 0 Å². The Labute approximate surface area is 99.2 Å². The van der Waals surface area contributed by atoms with Crippen LogP contribution in [0.4, 0.5) is 15.8 Å². The lowest BCUT2D eigenvalue weighted by Crippen LogP contribution is -2.22. The number of halogens is 1. The van der Waals surface area contributed by atoms with Gasteiger partial charge in [0.25, 0.3) is 5.69 Å². The Morgan fingerprint density at radius 2 is 2.12 bits per heavy atom. The molecular formula is C11H16FN3O2. The second kappa shape index (κ2) is 6.15. The Hall–Kier alpha value is -1.69. The largest absolute Gasteiger partial charge is 0.384 e. The zero-order valence-corrected chi connectivity index (χ0v) is 9.87. The first-order chi connectivity index (χ1) is 8.02. The van der Waals surface area contributed by atoms with Crippen molar-refractivity contribution in [2.75, 3.05) is 25.5 Å². The number of hydrogen-bond donors (Lipinski definition) is 2. The molecule has 1 unspecified atom stereocenters. The van der Waals surface area contributed by atoms with E-state index in [1.165, 1.54) is 12.1 Å². The van der Waals surface area contributed by atoms with Crippen molar-refractivity contribution in [3.05, 3.63) is 34.1 Å². The van der Waals surface area contributed by atoms with E-state index in [1.54, 1.807) is 0 Å². The fourth-order valence-corrected chi connectivity index (χ4v) is 1.49. The Balaban J connectivity index is 2.68. The molecule has 0 radical (unpaired) electrons. The predicted molar refractivity (Wildman–Crippen MR) is 64.6 cm³/mol. The monoisotopic (exact) mass is 241 g/mol. The van der Waals surface area contributed by atoms with Crippen molar-refractivity contribution in [2.24, 2.45) is 5.92 Å². The first-order valence-corrected chi connectivity index (χ1v) is 5.36. The second-order valence-corrected chi connectivity index (χ2v) is 4.00. The zero-order valence-electron chi connectivity index (χ0n) is 9.87. The summed E-state index contributed by atoms with van der Waals surface area (Å²) in [6.45, 7) is 3.48. The minimum Gasteiger partial charge on any atom is -0.384 e. The van der Waals surface area contributed by atoms with E-state index in [4.69, 9.17) is 0 Å². The molecule has 0 aliphatic rings. The summed E-state index contributed by atoms with van der Waals surface area (Å²) in [5.41, 5.74) is 0.188. The third kappa shape index (κ3) is 4.36. The van der Waals surface area contributed by atoms with Gasteiger partial charge in [-0.3, -0.25) is 10.1 Å². The molecule has 6 heteroatoms. The highest BCUT2D eigenvalue weighted by Crippen LogP contribution is 2.20. The molecule has 0 fully saturated rings. The summed E-state index contributed by atoms with van der Waals surface area (Å²) in [7, 11) is 1.85. The van der Waals surface area contributed by atoms with Crippen molar-refractivity contribution in [1.29, 1.82) is 0 Å². The molecule has 17 heavy (non-hydrogen) atoms. The summed E-state index contributed by atoms with van der Waals surface area (Å²) in [6, 6.07) is 3.48. The van der Waals surface area contributed by atoms with Crippen molar-refractivity contribution in [3.63, 3.8) is 0 Å². The van der Waals surface area contributed by atoms with Gasteiger partial charge in [0.15, 0.2) is 0 Å². The van der Waals surface area contributed by atoms with Gasteiger partial charge >= 0.3 is 0 Å². The molecule has 1 rings (SSSR count). The summed E-state index contributed by atoms with van der Waals surface area (Å²) >= 11 is 0. The maximum Gasteiger partial charge on any atom is 0.274 e. The number of nitrogens with one attached hydrogen (secondary N) is 2. The van der Waals surface area contributed by atoms with Crippen LogP contribution in [0.25, 0.3) is 0 Å². The number of benzene rings is 1. The Morgan fingerprint density at radius 3 is 2.71 bits per heavy atom. The molecule has 0 heterocycles. The molecule has 0 aliphatic carbocycles. The fraction of sp³-hybridized carbons (Fsp3) is 0.455. The molecule has 1 atom stereocenters. The average Bonchev–Trinajstić information content (AvgIpc) is 2.26. The van der Waals surface area contributed by atoms with Crippen LogP contribution in [0.15, 0.2) is 18.2 Å². The number of anilines is 1. The van der Waals surface area contributed by atoms with E-state index in [1.807, 2.05) is 14.0 Å². The summed E-state index contributed by atoms with van der Waals surface area (Å²) in [5, 5.41) is 16.6. The van der Waals surface area contributed by atoms with Gasteiger partial charge in [-0.05, 0) is 25.6 Å². The molecule has 0 aliphatic heterocycles. The molecule has 0 bridgehead atoms. The van der Waals surface area contributed by atoms with Gasteiger partial charge in [-0.25, -0.2) is 4.39 Å². The van der Waals surface area contributed by atoms with Crippen LogP contribution in [0.1, 0.15) is 6.92 Å². The van der Waals surface area contributed by atoms with Gasteiger partial charge in [0, 0.05) is 18.3 Å². The maximum atomic E-state index is 13.1. The zero-order chi connectivity index (χ0) is 12.8. The molecule has 2 N–H and O–H groups in total. The number of nitro benzene ring substituents is 1. The van der Waals surface area contributed by atoms with E-state index < -0.39 is 10.7 Å². The van der Waals surface area contributed by atoms with Gasteiger partial charge < -0.3 is 10.6 Å². The standard InChI is InChI=1S/C11H16FN3O2/c1-8(6-13-2)7-14-10-3-9(12)4-11(5-10)15(16)17/h3-5,8,13-14H,6-7H2,1-2H3. The molecule has 0 saturated heterocycles. The first kappa shape index (κ1) is 13.4. The van der Waals surface area contributed by atoms with Crippen LogP contribution < -0.4 is 10.6 Å². The topological polar surface area (TPSA) is 67.2 Å². The second-order valence-electron chi connectivity index (χ2n) is 4.00. The molecule has 0 saturated carbocycles. The van der Waals surface area contributed by atoms with E-state index in [-0.39, 0.29) is 5.69 Å². The summed E-state index contributed by atoms with van der Waals surface area (Å²) in [6.07, 6.45) is 0. The number of nitrogens with zero attached hydrogens (tertiary/aromatic N) is 1. The summed E-state index contributed by atoms with van der Waals surface area (Å²) < 4.78 is 13.1. The normalized spacial score (nSPS) is 12.2. The predicted octanol–water partition coefficient (Wildman–Crippen LogP) is 2.00. The van der Waals surface area contributed by atoms with E-state index in [0.717, 1.165) is 12.6 Å². The number of non-ortho nitro benzene ring substituents is 1. The average molecular weight is 241 g/mol. The van der Waals surface area contributed by atoms with Gasteiger partial charge in [0.1, 0.15) is 5.82 Å². The van der Waals surface area contributed by atoms with Crippen molar-refractivity contribution in [3.8, 4) is 0 Å². The number of hydrogen-bond acceptors (Lipinski definition) is 4. The van der Waals surface area contributed by atoms with Crippen LogP contribution in [0.2, 0.25) is 0 Å². The molecule has 0 aromatic heterocycles. The third-order valence-electron chi connectivity index (χ3n) is 2.30. The van der Waals surface area contributed by atoms with E-state index in [2.05, 4.69) is 10.6 Å². The third-order valence-corrected chi connectivity index (χ3v) is 2.30. The molecule has 5 nitrogen and oxygen atoms in total.